The van der Waals surface area contributed by atoms with Gasteiger partial charge in [-0.15, -0.1) is 0 Å². The van der Waals surface area contributed by atoms with Crippen LogP contribution in [0.25, 0.3) is 0 Å². The molecule has 1 rings (SSSR count). The summed E-state index contributed by atoms with van der Waals surface area (Å²) in [4.78, 5) is 10.1. The average molecular weight is 205 g/mol. The van der Waals surface area contributed by atoms with Gasteiger partial charge in [0.15, 0.2) is 6.29 Å². The van der Waals surface area contributed by atoms with Crippen LogP contribution >= 0.6 is 0 Å². The third-order valence-corrected chi connectivity index (χ3v) is 2.21. The molecule has 0 aliphatic rings. The minimum absolute atomic E-state index is 0.468. The molecule has 1 aromatic carbocycles. The normalized spacial score (nSPS) is 9.93. The maximum absolute atomic E-state index is 10.1. The molecule has 1 radical (unpaired) electrons. The van der Waals surface area contributed by atoms with Gasteiger partial charge in [-0.1, -0.05) is 25.5 Å². The molecular weight excluding hydrogens is 188 g/mol. The van der Waals surface area contributed by atoms with E-state index in [1.54, 1.807) is 0 Å². The SMILES string of the molecule is CCCCOc1ccc(CC[C]=O)cc1. The quantitative estimate of drug-likeness (QED) is 0.640. The van der Waals surface area contributed by atoms with Crippen molar-refractivity contribution in [2.75, 3.05) is 6.61 Å². The molecule has 0 atom stereocenters. The van der Waals surface area contributed by atoms with E-state index in [2.05, 4.69) is 6.92 Å². The van der Waals surface area contributed by atoms with Crippen LogP contribution in [-0.2, 0) is 11.2 Å². The second kappa shape index (κ2) is 7.04. The summed E-state index contributed by atoms with van der Waals surface area (Å²) in [6.45, 7) is 2.92. The first-order valence-electron chi connectivity index (χ1n) is 5.43. The van der Waals surface area contributed by atoms with Gasteiger partial charge in [-0.3, -0.25) is 4.79 Å². The molecule has 0 N–H and O–H groups in total. The zero-order chi connectivity index (χ0) is 10.9. The molecule has 0 unspecified atom stereocenters. The van der Waals surface area contributed by atoms with E-state index in [0.29, 0.717) is 6.42 Å². The van der Waals surface area contributed by atoms with E-state index in [0.717, 1.165) is 37.2 Å². The molecule has 0 aromatic heterocycles. The van der Waals surface area contributed by atoms with Crippen molar-refractivity contribution in [2.24, 2.45) is 0 Å². The Hall–Kier alpha value is -1.31. The predicted molar refractivity (Wildman–Crippen MR) is 60.9 cm³/mol. The Morgan fingerprint density at radius 3 is 2.60 bits per heavy atom. The van der Waals surface area contributed by atoms with Crippen molar-refractivity contribution in [3.05, 3.63) is 29.8 Å². The molecule has 2 heteroatoms. The lowest BCUT2D eigenvalue weighted by Gasteiger charge is -2.05. The molecule has 0 amide bonds. The molecule has 15 heavy (non-hydrogen) atoms. The molecule has 0 heterocycles. The Morgan fingerprint density at radius 2 is 2.00 bits per heavy atom. The zero-order valence-corrected chi connectivity index (χ0v) is 9.16. The van der Waals surface area contributed by atoms with Crippen LogP contribution in [0.5, 0.6) is 5.75 Å². The molecule has 0 fully saturated rings. The number of unbranched alkanes of at least 4 members (excludes halogenated alkanes) is 1. The van der Waals surface area contributed by atoms with Crippen LogP contribution in [0.3, 0.4) is 0 Å². The summed E-state index contributed by atoms with van der Waals surface area (Å²) in [5, 5.41) is 0. The molecule has 1 aromatic rings. The molecule has 0 aliphatic carbocycles. The Morgan fingerprint density at radius 1 is 1.27 bits per heavy atom. The van der Waals surface area contributed by atoms with E-state index in [1.165, 1.54) is 0 Å². The molecule has 81 valence electrons. The summed E-state index contributed by atoms with van der Waals surface area (Å²) in [6, 6.07) is 7.91. The Bertz CT molecular complexity index is 277. The van der Waals surface area contributed by atoms with Gasteiger partial charge in [0.05, 0.1) is 6.61 Å². The molecule has 0 bridgehead atoms. The zero-order valence-electron chi connectivity index (χ0n) is 9.16. The van der Waals surface area contributed by atoms with Gasteiger partial charge >= 0.3 is 0 Å². The Labute approximate surface area is 91.3 Å². The van der Waals surface area contributed by atoms with Crippen molar-refractivity contribution in [3.63, 3.8) is 0 Å². The van der Waals surface area contributed by atoms with Crippen LogP contribution in [-0.4, -0.2) is 12.9 Å². The molecule has 0 saturated carbocycles. The number of rotatable bonds is 7. The molecule has 0 spiro atoms. The minimum Gasteiger partial charge on any atom is -0.494 e. The number of carbonyl (C=O) groups excluding carboxylic acids is 1. The fourth-order valence-corrected chi connectivity index (χ4v) is 1.28. The summed E-state index contributed by atoms with van der Waals surface area (Å²) in [5.41, 5.74) is 1.15. The summed E-state index contributed by atoms with van der Waals surface area (Å²) < 4.78 is 5.53. The van der Waals surface area contributed by atoms with E-state index < -0.39 is 0 Å². The third kappa shape index (κ3) is 4.63. The van der Waals surface area contributed by atoms with E-state index >= 15 is 0 Å². The largest absolute Gasteiger partial charge is 0.494 e. The highest BCUT2D eigenvalue weighted by atomic mass is 16.5. The minimum atomic E-state index is 0.468. The van der Waals surface area contributed by atoms with Gasteiger partial charge in [-0.2, -0.15) is 0 Å². The number of benzene rings is 1. The van der Waals surface area contributed by atoms with E-state index in [9.17, 15) is 4.79 Å². The topological polar surface area (TPSA) is 26.3 Å². The van der Waals surface area contributed by atoms with Crippen LogP contribution in [0.1, 0.15) is 31.7 Å². The van der Waals surface area contributed by atoms with Gasteiger partial charge in [0.25, 0.3) is 0 Å². The summed E-state index contributed by atoms with van der Waals surface area (Å²) in [6.07, 6.45) is 5.35. The van der Waals surface area contributed by atoms with Crippen LogP contribution in [0, 0.1) is 0 Å². The van der Waals surface area contributed by atoms with Crippen molar-refractivity contribution < 1.29 is 9.53 Å². The molecule has 2 nitrogen and oxygen atoms in total. The summed E-state index contributed by atoms with van der Waals surface area (Å²) >= 11 is 0. The fourth-order valence-electron chi connectivity index (χ4n) is 1.28. The van der Waals surface area contributed by atoms with Crippen molar-refractivity contribution in [3.8, 4) is 5.75 Å². The van der Waals surface area contributed by atoms with Crippen molar-refractivity contribution in [1.29, 1.82) is 0 Å². The second-order valence-electron chi connectivity index (χ2n) is 3.49. The second-order valence-corrected chi connectivity index (χ2v) is 3.49. The van der Waals surface area contributed by atoms with Crippen LogP contribution in [0.4, 0.5) is 0 Å². The monoisotopic (exact) mass is 205 g/mol. The van der Waals surface area contributed by atoms with Crippen LogP contribution in [0.2, 0.25) is 0 Å². The van der Waals surface area contributed by atoms with E-state index in [-0.39, 0.29) is 0 Å². The molecule has 0 aliphatic heterocycles. The van der Waals surface area contributed by atoms with E-state index in [4.69, 9.17) is 4.74 Å². The third-order valence-electron chi connectivity index (χ3n) is 2.21. The van der Waals surface area contributed by atoms with Gasteiger partial charge in [-0.05, 0) is 30.5 Å². The highest BCUT2D eigenvalue weighted by molar-refractivity contribution is 5.51. The first kappa shape index (κ1) is 11.8. The summed E-state index contributed by atoms with van der Waals surface area (Å²) in [7, 11) is 0. The molecular formula is C13H17O2. The maximum atomic E-state index is 10.1. The first-order valence-corrected chi connectivity index (χ1v) is 5.43. The Balaban J connectivity index is 2.38. The lowest BCUT2D eigenvalue weighted by atomic mass is 10.1. The van der Waals surface area contributed by atoms with E-state index in [1.807, 2.05) is 30.6 Å². The van der Waals surface area contributed by atoms with Crippen molar-refractivity contribution >= 4 is 6.29 Å². The lowest BCUT2D eigenvalue weighted by molar-refractivity contribution is 0.309. The number of aryl methyl sites for hydroxylation is 1. The highest BCUT2D eigenvalue weighted by Gasteiger charge is 1.95. The first-order chi connectivity index (χ1) is 7.36. The summed E-state index contributed by atoms with van der Waals surface area (Å²) in [5.74, 6) is 0.905. The van der Waals surface area contributed by atoms with Crippen molar-refractivity contribution in [1.82, 2.24) is 0 Å². The number of hydrogen-bond donors (Lipinski definition) is 0. The van der Waals surface area contributed by atoms with Crippen LogP contribution in [0.15, 0.2) is 24.3 Å². The predicted octanol–water partition coefficient (Wildman–Crippen LogP) is 2.91. The van der Waals surface area contributed by atoms with Gasteiger partial charge in [0.2, 0.25) is 0 Å². The van der Waals surface area contributed by atoms with Gasteiger partial charge < -0.3 is 4.74 Å². The smallest absolute Gasteiger partial charge is 0.198 e. The standard InChI is InChI=1S/C13H17O2/c1-2-3-11-15-13-8-6-12(7-9-13)5-4-10-14/h6-9H,2-5,11H2,1H3. The van der Waals surface area contributed by atoms with Gasteiger partial charge in [0, 0.05) is 6.42 Å². The number of ether oxygens (including phenoxy) is 1. The maximum Gasteiger partial charge on any atom is 0.198 e. The molecule has 0 saturated heterocycles. The van der Waals surface area contributed by atoms with Crippen molar-refractivity contribution in [2.45, 2.75) is 32.6 Å². The lowest BCUT2D eigenvalue weighted by Crippen LogP contribution is -1.96. The van der Waals surface area contributed by atoms with Gasteiger partial charge in [0.1, 0.15) is 5.75 Å². The number of hydrogen-bond acceptors (Lipinski definition) is 2. The highest BCUT2D eigenvalue weighted by Crippen LogP contribution is 2.13. The Kier molecular flexibility index (Phi) is 5.52. The average Bonchev–Trinajstić information content (AvgIpc) is 2.28. The van der Waals surface area contributed by atoms with Gasteiger partial charge in [-0.25, -0.2) is 0 Å². The van der Waals surface area contributed by atoms with Crippen LogP contribution < -0.4 is 4.74 Å². The fraction of sp³-hybridized carbons (Fsp3) is 0.462.